The van der Waals surface area contributed by atoms with Crippen LogP contribution in [0.4, 0.5) is 5.69 Å². The van der Waals surface area contributed by atoms with E-state index in [1.54, 1.807) is 12.0 Å². The van der Waals surface area contributed by atoms with E-state index in [1.807, 2.05) is 18.2 Å². The Hall–Kier alpha value is -0.740. The second-order valence-corrected chi connectivity index (χ2v) is 5.19. The zero-order valence-corrected chi connectivity index (χ0v) is 11.1. The Morgan fingerprint density at radius 2 is 2.25 bits per heavy atom. The molecule has 16 heavy (non-hydrogen) atoms. The van der Waals surface area contributed by atoms with Gasteiger partial charge in [-0.1, -0.05) is 15.9 Å². The summed E-state index contributed by atoms with van der Waals surface area (Å²) in [4.78, 5) is 13.4. The zero-order valence-electron chi connectivity index (χ0n) is 8.74. The van der Waals surface area contributed by atoms with Crippen molar-refractivity contribution in [2.75, 3.05) is 18.6 Å². The molecule has 0 N–H and O–H groups in total. The van der Waals surface area contributed by atoms with Gasteiger partial charge in [0, 0.05) is 29.2 Å². The van der Waals surface area contributed by atoms with E-state index in [1.165, 1.54) is 0 Å². The van der Waals surface area contributed by atoms with Crippen LogP contribution >= 0.6 is 27.5 Å². The molecular formula is C11H11BrClNO2. The summed E-state index contributed by atoms with van der Waals surface area (Å²) in [5.74, 6) is 0.773. The number of nitrogens with zero attached hydrogens (tertiary/aromatic N) is 1. The van der Waals surface area contributed by atoms with Crippen molar-refractivity contribution in [2.24, 2.45) is 0 Å². The average molecular weight is 305 g/mol. The Morgan fingerprint density at radius 3 is 2.81 bits per heavy atom. The van der Waals surface area contributed by atoms with Crippen molar-refractivity contribution in [2.45, 2.75) is 11.8 Å². The lowest BCUT2D eigenvalue weighted by molar-refractivity contribution is -0.117. The van der Waals surface area contributed by atoms with Crippen molar-refractivity contribution >= 4 is 39.1 Å². The molecule has 0 radical (unpaired) electrons. The van der Waals surface area contributed by atoms with E-state index in [0.717, 1.165) is 15.9 Å². The maximum Gasteiger partial charge on any atom is 0.228 e. The van der Waals surface area contributed by atoms with Gasteiger partial charge in [-0.2, -0.15) is 0 Å². The van der Waals surface area contributed by atoms with Gasteiger partial charge in [0.15, 0.2) is 0 Å². The van der Waals surface area contributed by atoms with Crippen molar-refractivity contribution in [1.29, 1.82) is 0 Å². The van der Waals surface area contributed by atoms with Crippen LogP contribution in [0.15, 0.2) is 22.7 Å². The monoisotopic (exact) mass is 303 g/mol. The van der Waals surface area contributed by atoms with Gasteiger partial charge in [-0.25, -0.2) is 0 Å². The number of amides is 1. The first-order valence-corrected chi connectivity index (χ1v) is 6.12. The summed E-state index contributed by atoms with van der Waals surface area (Å²) >= 11 is 9.34. The molecule has 0 aliphatic carbocycles. The van der Waals surface area contributed by atoms with E-state index in [-0.39, 0.29) is 11.3 Å². The number of halogens is 2. The lowest BCUT2D eigenvalue weighted by Crippen LogP contribution is -2.24. The SMILES string of the molecule is COc1cc(Br)cc(N2CC(Cl)CC2=O)c1. The van der Waals surface area contributed by atoms with E-state index in [2.05, 4.69) is 15.9 Å². The normalized spacial score (nSPS) is 20.3. The molecule has 1 heterocycles. The minimum atomic E-state index is -0.0996. The molecular weight excluding hydrogens is 293 g/mol. The topological polar surface area (TPSA) is 29.5 Å². The van der Waals surface area contributed by atoms with Gasteiger partial charge in [0.2, 0.25) is 5.91 Å². The summed E-state index contributed by atoms with van der Waals surface area (Å²) in [6.07, 6.45) is 0.399. The Kier molecular flexibility index (Phi) is 3.40. The van der Waals surface area contributed by atoms with E-state index in [4.69, 9.17) is 16.3 Å². The largest absolute Gasteiger partial charge is 0.497 e. The molecule has 1 aliphatic heterocycles. The van der Waals surface area contributed by atoms with E-state index >= 15 is 0 Å². The van der Waals surface area contributed by atoms with Gasteiger partial charge in [0.25, 0.3) is 0 Å². The standard InChI is InChI=1S/C11H11BrClNO2/c1-16-10-3-7(12)2-9(5-10)14-6-8(13)4-11(14)15/h2-3,5,8H,4,6H2,1H3. The Morgan fingerprint density at radius 1 is 1.50 bits per heavy atom. The summed E-state index contributed by atoms with van der Waals surface area (Å²) in [7, 11) is 1.60. The fourth-order valence-electron chi connectivity index (χ4n) is 1.74. The summed E-state index contributed by atoms with van der Waals surface area (Å²) < 4.78 is 6.04. The summed E-state index contributed by atoms with van der Waals surface area (Å²) in [5.41, 5.74) is 0.819. The number of ether oxygens (including phenoxy) is 1. The average Bonchev–Trinajstić information content (AvgIpc) is 2.57. The third-order valence-electron chi connectivity index (χ3n) is 2.48. The molecule has 1 unspecified atom stereocenters. The van der Waals surface area contributed by atoms with Crippen molar-refractivity contribution in [1.82, 2.24) is 0 Å². The molecule has 0 spiro atoms. The maximum atomic E-state index is 11.7. The minimum Gasteiger partial charge on any atom is -0.497 e. The first-order valence-electron chi connectivity index (χ1n) is 4.89. The molecule has 1 atom stereocenters. The van der Waals surface area contributed by atoms with Gasteiger partial charge < -0.3 is 9.64 Å². The van der Waals surface area contributed by atoms with E-state index < -0.39 is 0 Å². The molecule has 0 saturated carbocycles. The lowest BCUT2D eigenvalue weighted by atomic mass is 10.3. The summed E-state index contributed by atoms with van der Waals surface area (Å²) in [6, 6.07) is 5.56. The molecule has 1 aromatic rings. The number of rotatable bonds is 2. The fraction of sp³-hybridized carbons (Fsp3) is 0.364. The van der Waals surface area contributed by atoms with Crippen LogP contribution in [0.3, 0.4) is 0 Å². The Labute approximate surface area is 107 Å². The van der Waals surface area contributed by atoms with Crippen molar-refractivity contribution in [3.8, 4) is 5.75 Å². The molecule has 2 rings (SSSR count). The first-order chi connectivity index (χ1) is 7.60. The van der Waals surface area contributed by atoms with Gasteiger partial charge in [0.1, 0.15) is 5.75 Å². The quantitative estimate of drug-likeness (QED) is 0.786. The third-order valence-corrected chi connectivity index (χ3v) is 3.23. The van der Waals surface area contributed by atoms with Gasteiger partial charge in [0.05, 0.1) is 12.5 Å². The van der Waals surface area contributed by atoms with Crippen LogP contribution in [0, 0.1) is 0 Å². The van der Waals surface area contributed by atoms with Crippen molar-refractivity contribution < 1.29 is 9.53 Å². The second kappa shape index (κ2) is 4.63. The maximum absolute atomic E-state index is 11.7. The number of methoxy groups -OCH3 is 1. The van der Waals surface area contributed by atoms with Crippen molar-refractivity contribution in [3.05, 3.63) is 22.7 Å². The number of carbonyl (C=O) groups excluding carboxylic acids is 1. The molecule has 86 valence electrons. The molecule has 0 aromatic heterocycles. The van der Waals surface area contributed by atoms with Crippen LogP contribution in [0.1, 0.15) is 6.42 Å². The smallest absolute Gasteiger partial charge is 0.228 e. The lowest BCUT2D eigenvalue weighted by Gasteiger charge is -2.17. The highest BCUT2D eigenvalue weighted by atomic mass is 79.9. The minimum absolute atomic E-state index is 0.0557. The van der Waals surface area contributed by atoms with Crippen LogP contribution in [-0.4, -0.2) is 24.9 Å². The van der Waals surface area contributed by atoms with Crippen LogP contribution < -0.4 is 9.64 Å². The van der Waals surface area contributed by atoms with Crippen LogP contribution in [0.5, 0.6) is 5.75 Å². The first kappa shape index (κ1) is 11.7. The van der Waals surface area contributed by atoms with Gasteiger partial charge in [-0.3, -0.25) is 4.79 Å². The number of alkyl halides is 1. The van der Waals surface area contributed by atoms with Gasteiger partial charge in [-0.15, -0.1) is 11.6 Å². The molecule has 3 nitrogen and oxygen atoms in total. The Balaban J connectivity index is 2.33. The molecule has 1 saturated heterocycles. The van der Waals surface area contributed by atoms with Gasteiger partial charge in [-0.05, 0) is 12.1 Å². The summed E-state index contributed by atoms with van der Waals surface area (Å²) in [5, 5.41) is -0.0996. The summed E-state index contributed by atoms with van der Waals surface area (Å²) in [6.45, 7) is 0.556. The molecule has 1 fully saturated rings. The second-order valence-electron chi connectivity index (χ2n) is 3.66. The molecule has 1 aromatic carbocycles. The number of anilines is 1. The predicted molar refractivity (Wildman–Crippen MR) is 67.3 cm³/mol. The highest BCUT2D eigenvalue weighted by molar-refractivity contribution is 9.10. The predicted octanol–water partition coefficient (Wildman–Crippen LogP) is 2.80. The highest BCUT2D eigenvalue weighted by Gasteiger charge is 2.29. The molecule has 1 aliphatic rings. The van der Waals surface area contributed by atoms with Crippen LogP contribution in [0.25, 0.3) is 0 Å². The van der Waals surface area contributed by atoms with Crippen LogP contribution in [-0.2, 0) is 4.79 Å². The van der Waals surface area contributed by atoms with Crippen LogP contribution in [0.2, 0.25) is 0 Å². The van der Waals surface area contributed by atoms with Gasteiger partial charge >= 0.3 is 0 Å². The third kappa shape index (κ3) is 2.33. The molecule has 0 bridgehead atoms. The number of benzene rings is 1. The highest BCUT2D eigenvalue weighted by Crippen LogP contribution is 2.30. The van der Waals surface area contributed by atoms with Crippen molar-refractivity contribution in [3.63, 3.8) is 0 Å². The zero-order chi connectivity index (χ0) is 11.7. The fourth-order valence-corrected chi connectivity index (χ4v) is 2.47. The Bertz CT molecular complexity index is 424. The number of carbonyl (C=O) groups is 1. The molecule has 1 amide bonds. The van der Waals surface area contributed by atoms with E-state index in [0.29, 0.717) is 13.0 Å². The number of hydrogen-bond donors (Lipinski definition) is 0. The van der Waals surface area contributed by atoms with E-state index in [9.17, 15) is 4.79 Å². The number of hydrogen-bond acceptors (Lipinski definition) is 2. The molecule has 5 heteroatoms.